The van der Waals surface area contributed by atoms with E-state index in [4.69, 9.17) is 20.4 Å². The lowest BCUT2D eigenvalue weighted by molar-refractivity contribution is -0.146. The van der Waals surface area contributed by atoms with E-state index in [0.717, 1.165) is 12.8 Å². The van der Waals surface area contributed by atoms with Gasteiger partial charge in [0.2, 0.25) is 0 Å². The average Bonchev–Trinajstić information content (AvgIpc) is 2.61. The summed E-state index contributed by atoms with van der Waals surface area (Å²) in [6, 6.07) is 0. The maximum Gasteiger partial charge on any atom is 0.332 e. The fourth-order valence-electron chi connectivity index (χ4n) is 2.66. The van der Waals surface area contributed by atoms with Crippen molar-refractivity contribution < 1.29 is 25.2 Å². The zero-order valence-corrected chi connectivity index (χ0v) is 16.3. The van der Waals surface area contributed by atoms with Crippen LogP contribution in [-0.2, 0) is 4.79 Å². The lowest BCUT2D eigenvalue weighted by atomic mass is 10.0. The zero-order chi connectivity index (χ0) is 19.2. The zero-order valence-electron chi connectivity index (χ0n) is 16.3. The third-order valence-corrected chi connectivity index (χ3v) is 4.22. The molecule has 0 heterocycles. The molecule has 0 spiro atoms. The van der Waals surface area contributed by atoms with Crippen molar-refractivity contribution in [3.8, 4) is 0 Å². The van der Waals surface area contributed by atoms with Crippen molar-refractivity contribution in [1.82, 2.24) is 0 Å². The third-order valence-electron chi connectivity index (χ3n) is 4.22. The van der Waals surface area contributed by atoms with Crippen molar-refractivity contribution >= 4 is 5.97 Å². The molecule has 0 aromatic heterocycles. The SMILES string of the molecule is CCCCCCCCCCCCCCCCC(O)C(=O)O.OCCO. The maximum absolute atomic E-state index is 10.4. The second-order valence-corrected chi connectivity index (χ2v) is 6.69. The van der Waals surface area contributed by atoms with E-state index in [1.807, 2.05) is 0 Å². The van der Waals surface area contributed by atoms with Crippen LogP contribution < -0.4 is 0 Å². The molecule has 5 heteroatoms. The Balaban J connectivity index is 0. The van der Waals surface area contributed by atoms with Crippen LogP contribution in [0.15, 0.2) is 0 Å². The Labute approximate surface area is 154 Å². The number of aliphatic carboxylic acids is 1. The lowest BCUT2D eigenvalue weighted by Gasteiger charge is -2.05. The van der Waals surface area contributed by atoms with Gasteiger partial charge in [-0.3, -0.25) is 0 Å². The fourth-order valence-corrected chi connectivity index (χ4v) is 2.66. The van der Waals surface area contributed by atoms with E-state index < -0.39 is 12.1 Å². The number of aliphatic hydroxyl groups excluding tert-OH is 3. The van der Waals surface area contributed by atoms with Gasteiger partial charge in [0.05, 0.1) is 13.2 Å². The normalized spacial score (nSPS) is 11.7. The molecule has 0 aromatic rings. The molecule has 4 N–H and O–H groups in total. The number of hydrogen-bond donors (Lipinski definition) is 4. The minimum Gasteiger partial charge on any atom is -0.479 e. The summed E-state index contributed by atoms with van der Waals surface area (Å²) >= 11 is 0. The summed E-state index contributed by atoms with van der Waals surface area (Å²) in [4.78, 5) is 10.4. The van der Waals surface area contributed by atoms with E-state index >= 15 is 0 Å². The van der Waals surface area contributed by atoms with Crippen molar-refractivity contribution in [2.45, 2.75) is 109 Å². The van der Waals surface area contributed by atoms with E-state index in [0.29, 0.717) is 6.42 Å². The minimum absolute atomic E-state index is 0.125. The summed E-state index contributed by atoms with van der Waals surface area (Å²) in [6.45, 7) is 2.01. The number of hydrogen-bond acceptors (Lipinski definition) is 4. The van der Waals surface area contributed by atoms with Gasteiger partial charge in [0.25, 0.3) is 0 Å². The Morgan fingerprint density at radius 3 is 1.28 bits per heavy atom. The molecule has 152 valence electrons. The third kappa shape index (κ3) is 25.7. The molecule has 0 saturated heterocycles. The Morgan fingerprint density at radius 1 is 0.680 bits per heavy atom. The molecule has 0 amide bonds. The van der Waals surface area contributed by atoms with E-state index in [-0.39, 0.29) is 13.2 Å². The molecule has 1 unspecified atom stereocenters. The van der Waals surface area contributed by atoms with E-state index in [2.05, 4.69) is 6.92 Å². The Bertz CT molecular complexity index is 256. The van der Waals surface area contributed by atoms with Gasteiger partial charge in [0, 0.05) is 0 Å². The highest BCUT2D eigenvalue weighted by Crippen LogP contribution is 2.13. The predicted molar refractivity (Wildman–Crippen MR) is 103 cm³/mol. The Morgan fingerprint density at radius 2 is 1.00 bits per heavy atom. The van der Waals surface area contributed by atoms with Crippen LogP contribution in [0.1, 0.15) is 103 Å². The molecular formula is C20H42O5. The van der Waals surface area contributed by atoms with Gasteiger partial charge in [-0.1, -0.05) is 96.8 Å². The highest BCUT2D eigenvalue weighted by molar-refractivity contribution is 5.71. The molecule has 1 atom stereocenters. The second-order valence-electron chi connectivity index (χ2n) is 6.69. The molecule has 0 bridgehead atoms. The largest absolute Gasteiger partial charge is 0.479 e. The van der Waals surface area contributed by atoms with Gasteiger partial charge in [-0.05, 0) is 6.42 Å². The molecule has 0 aromatic carbocycles. The highest BCUT2D eigenvalue weighted by Gasteiger charge is 2.11. The van der Waals surface area contributed by atoms with Gasteiger partial charge >= 0.3 is 5.97 Å². The van der Waals surface area contributed by atoms with E-state index in [1.54, 1.807) is 0 Å². The van der Waals surface area contributed by atoms with Crippen molar-refractivity contribution in [2.24, 2.45) is 0 Å². The maximum atomic E-state index is 10.4. The molecule has 0 radical (unpaired) electrons. The topological polar surface area (TPSA) is 98.0 Å². The monoisotopic (exact) mass is 362 g/mol. The standard InChI is InChI=1S/C18H36O3.C2H6O2/c1-2-3-4-5-6-7-8-9-10-11-12-13-14-15-16-17(19)18(20)21;3-1-2-4/h17,19H,2-16H2,1H3,(H,20,21);3-4H,1-2H2. The van der Waals surface area contributed by atoms with Crippen LogP contribution in [0.2, 0.25) is 0 Å². The van der Waals surface area contributed by atoms with Crippen LogP contribution in [0.3, 0.4) is 0 Å². The van der Waals surface area contributed by atoms with Crippen LogP contribution in [0, 0.1) is 0 Å². The Kier molecular flexibility index (Phi) is 24.8. The number of carboxylic acid groups (broad SMARTS) is 1. The van der Waals surface area contributed by atoms with Gasteiger partial charge in [-0.25, -0.2) is 4.79 Å². The molecule has 0 saturated carbocycles. The van der Waals surface area contributed by atoms with Gasteiger partial charge in [0.15, 0.2) is 6.10 Å². The molecule has 0 aliphatic heterocycles. The van der Waals surface area contributed by atoms with Gasteiger partial charge < -0.3 is 20.4 Å². The van der Waals surface area contributed by atoms with Gasteiger partial charge in [-0.15, -0.1) is 0 Å². The molecule has 0 rings (SSSR count). The van der Waals surface area contributed by atoms with Crippen LogP contribution in [0.25, 0.3) is 0 Å². The summed E-state index contributed by atoms with van der Waals surface area (Å²) in [5.74, 6) is -1.09. The van der Waals surface area contributed by atoms with Crippen LogP contribution >= 0.6 is 0 Å². The first-order valence-electron chi connectivity index (χ1n) is 10.2. The van der Waals surface area contributed by atoms with Crippen molar-refractivity contribution in [3.05, 3.63) is 0 Å². The molecule has 0 fully saturated rings. The van der Waals surface area contributed by atoms with Crippen LogP contribution in [0.5, 0.6) is 0 Å². The smallest absolute Gasteiger partial charge is 0.332 e. The first kappa shape index (κ1) is 26.6. The van der Waals surface area contributed by atoms with Crippen molar-refractivity contribution in [2.75, 3.05) is 13.2 Å². The summed E-state index contributed by atoms with van der Waals surface area (Å²) in [5.41, 5.74) is 0. The predicted octanol–water partition coefficient (Wildman–Crippen LogP) is 4.27. The number of carboxylic acids is 1. The minimum atomic E-state index is -1.16. The van der Waals surface area contributed by atoms with Gasteiger partial charge in [0.1, 0.15) is 0 Å². The molecule has 0 aliphatic carbocycles. The highest BCUT2D eigenvalue weighted by atomic mass is 16.4. The molecule has 5 nitrogen and oxygen atoms in total. The van der Waals surface area contributed by atoms with Gasteiger partial charge in [-0.2, -0.15) is 0 Å². The second kappa shape index (κ2) is 23.4. The van der Waals surface area contributed by atoms with Crippen LogP contribution in [-0.4, -0.2) is 45.7 Å². The number of rotatable bonds is 17. The summed E-state index contributed by atoms with van der Waals surface area (Å²) in [7, 11) is 0. The molecular weight excluding hydrogens is 320 g/mol. The molecule has 0 aliphatic rings. The number of unbranched alkanes of at least 4 members (excludes halogenated alkanes) is 13. The van der Waals surface area contributed by atoms with Crippen LogP contribution in [0.4, 0.5) is 0 Å². The summed E-state index contributed by atoms with van der Waals surface area (Å²) in [6.07, 6.45) is 17.3. The average molecular weight is 363 g/mol. The number of aliphatic hydroxyl groups is 3. The summed E-state index contributed by atoms with van der Waals surface area (Å²) < 4.78 is 0. The number of carbonyl (C=O) groups is 1. The van der Waals surface area contributed by atoms with E-state index in [9.17, 15) is 4.79 Å². The van der Waals surface area contributed by atoms with E-state index in [1.165, 1.54) is 77.0 Å². The van der Waals surface area contributed by atoms with Crippen molar-refractivity contribution in [1.29, 1.82) is 0 Å². The summed E-state index contributed by atoms with van der Waals surface area (Å²) in [5, 5.41) is 32.9. The first-order chi connectivity index (χ1) is 12.1. The molecule has 25 heavy (non-hydrogen) atoms. The fraction of sp³-hybridized carbons (Fsp3) is 0.950. The Hall–Kier alpha value is -0.650. The van der Waals surface area contributed by atoms with Crippen molar-refractivity contribution in [3.63, 3.8) is 0 Å². The lowest BCUT2D eigenvalue weighted by Crippen LogP contribution is -2.18. The first-order valence-corrected chi connectivity index (χ1v) is 10.2. The quantitative estimate of drug-likeness (QED) is 0.290.